The van der Waals surface area contributed by atoms with E-state index in [0.717, 1.165) is 0 Å². The van der Waals surface area contributed by atoms with Crippen LogP contribution in [0.5, 0.6) is 0 Å². The van der Waals surface area contributed by atoms with Gasteiger partial charge in [0, 0.05) is 4.88 Å². The fraction of sp³-hybridized carbons (Fsp3) is 0.286. The lowest BCUT2D eigenvalue weighted by Crippen LogP contribution is -2.11. The van der Waals surface area contributed by atoms with E-state index in [0.29, 0.717) is 0 Å². The van der Waals surface area contributed by atoms with Crippen LogP contribution in [0.4, 0.5) is 0 Å². The Bertz CT molecular complexity index is 479. The first-order chi connectivity index (χ1) is 7.56. The van der Waals surface area contributed by atoms with Crippen molar-refractivity contribution in [2.24, 2.45) is 5.73 Å². The molecule has 0 amide bonds. The molecule has 0 fully saturated rings. The van der Waals surface area contributed by atoms with Gasteiger partial charge < -0.3 is 5.73 Å². The molecule has 1 unspecified atom stereocenters. The van der Waals surface area contributed by atoms with Crippen LogP contribution < -0.4 is 5.73 Å². The third kappa shape index (κ3) is 2.34. The summed E-state index contributed by atoms with van der Waals surface area (Å²) in [5.74, 6) is 0. The Morgan fingerprint density at radius 3 is 2.06 bits per heavy atom. The Morgan fingerprint density at radius 2 is 1.56 bits per heavy atom. The molecule has 0 aliphatic heterocycles. The first-order valence-corrected chi connectivity index (χ1v) is 6.33. The maximum Gasteiger partial charge on any atom is 0.0560 e. The monoisotopic (exact) mass is 231 g/mol. The molecule has 0 aliphatic rings. The van der Waals surface area contributed by atoms with E-state index in [1.807, 2.05) is 0 Å². The van der Waals surface area contributed by atoms with Crippen LogP contribution in [0.2, 0.25) is 0 Å². The van der Waals surface area contributed by atoms with E-state index in [-0.39, 0.29) is 6.04 Å². The highest BCUT2D eigenvalue weighted by molar-refractivity contribution is 7.10. The number of hydrogen-bond donors (Lipinski definition) is 1. The van der Waals surface area contributed by atoms with Crippen LogP contribution in [0.15, 0.2) is 29.6 Å². The van der Waals surface area contributed by atoms with Gasteiger partial charge >= 0.3 is 0 Å². The molecule has 0 saturated heterocycles. The van der Waals surface area contributed by atoms with Crippen LogP contribution in [0, 0.1) is 20.8 Å². The highest BCUT2D eigenvalue weighted by Gasteiger charge is 2.10. The summed E-state index contributed by atoms with van der Waals surface area (Å²) in [5, 5.41) is 2.15. The minimum Gasteiger partial charge on any atom is -0.320 e. The molecule has 0 saturated carbocycles. The molecule has 0 bridgehead atoms. The lowest BCUT2D eigenvalue weighted by Gasteiger charge is -2.12. The number of aryl methyl sites for hydroxylation is 3. The smallest absolute Gasteiger partial charge is 0.0560 e. The molecule has 1 nitrogen and oxygen atoms in total. The molecule has 0 radical (unpaired) electrons. The van der Waals surface area contributed by atoms with Crippen LogP contribution in [0.3, 0.4) is 0 Å². The molecule has 84 valence electrons. The summed E-state index contributed by atoms with van der Waals surface area (Å²) in [5.41, 5.74) is 11.2. The zero-order valence-corrected chi connectivity index (χ0v) is 10.8. The third-order valence-corrected chi connectivity index (χ3v) is 3.59. The Balaban J connectivity index is 2.37. The topological polar surface area (TPSA) is 26.0 Å². The van der Waals surface area contributed by atoms with E-state index < -0.39 is 0 Å². The van der Waals surface area contributed by atoms with Crippen molar-refractivity contribution in [3.8, 4) is 0 Å². The van der Waals surface area contributed by atoms with Crippen molar-refractivity contribution in [3.05, 3.63) is 56.8 Å². The Hall–Kier alpha value is -1.12. The molecule has 2 aromatic rings. The van der Waals surface area contributed by atoms with Crippen molar-refractivity contribution < 1.29 is 0 Å². The first-order valence-electron chi connectivity index (χ1n) is 5.45. The predicted octanol–water partition coefficient (Wildman–Crippen LogP) is 3.72. The lowest BCUT2D eigenvalue weighted by atomic mass is 9.98. The predicted molar refractivity (Wildman–Crippen MR) is 71.0 cm³/mol. The second-order valence-electron chi connectivity index (χ2n) is 4.39. The average molecular weight is 231 g/mol. The van der Waals surface area contributed by atoms with Gasteiger partial charge in [-0.05, 0) is 43.3 Å². The number of hydrogen-bond acceptors (Lipinski definition) is 2. The maximum atomic E-state index is 6.27. The molecule has 2 heteroatoms. The van der Waals surface area contributed by atoms with Gasteiger partial charge in [-0.3, -0.25) is 0 Å². The molecule has 2 rings (SSSR count). The molecular formula is C14H17NS. The molecule has 0 aliphatic carbocycles. The summed E-state index contributed by atoms with van der Waals surface area (Å²) in [6, 6.07) is 8.70. The van der Waals surface area contributed by atoms with Gasteiger partial charge in [-0.25, -0.2) is 0 Å². The van der Waals surface area contributed by atoms with Gasteiger partial charge in [-0.15, -0.1) is 11.3 Å². The van der Waals surface area contributed by atoms with E-state index in [1.54, 1.807) is 11.3 Å². The van der Waals surface area contributed by atoms with Gasteiger partial charge in [0.15, 0.2) is 0 Å². The second kappa shape index (κ2) is 4.40. The Labute approximate surface area is 101 Å². The first kappa shape index (κ1) is 11.4. The molecule has 1 aromatic heterocycles. The van der Waals surface area contributed by atoms with Crippen molar-refractivity contribution in [2.75, 3.05) is 0 Å². The van der Waals surface area contributed by atoms with Crippen molar-refractivity contribution >= 4 is 11.3 Å². The molecule has 2 N–H and O–H groups in total. The van der Waals surface area contributed by atoms with Gasteiger partial charge in [0.05, 0.1) is 6.04 Å². The minimum absolute atomic E-state index is 0.00329. The molecule has 1 aromatic carbocycles. The Morgan fingerprint density at radius 1 is 0.938 bits per heavy atom. The summed E-state index contributed by atoms with van der Waals surface area (Å²) in [7, 11) is 0. The molecule has 0 spiro atoms. The fourth-order valence-electron chi connectivity index (χ4n) is 2.01. The SMILES string of the molecule is Cc1cc(C)cc(C(N)c2csc(C)c2)c1. The summed E-state index contributed by atoms with van der Waals surface area (Å²) in [6.07, 6.45) is 0. The quantitative estimate of drug-likeness (QED) is 0.837. The number of benzene rings is 1. The summed E-state index contributed by atoms with van der Waals surface area (Å²) >= 11 is 1.76. The fourth-order valence-corrected chi connectivity index (χ4v) is 2.75. The van der Waals surface area contributed by atoms with Crippen LogP contribution in [0.25, 0.3) is 0 Å². The van der Waals surface area contributed by atoms with E-state index in [4.69, 9.17) is 5.73 Å². The van der Waals surface area contributed by atoms with Gasteiger partial charge in [-0.2, -0.15) is 0 Å². The zero-order valence-electron chi connectivity index (χ0n) is 9.95. The van der Waals surface area contributed by atoms with Gasteiger partial charge in [0.2, 0.25) is 0 Å². The van der Waals surface area contributed by atoms with Gasteiger partial charge in [0.25, 0.3) is 0 Å². The number of rotatable bonds is 2. The van der Waals surface area contributed by atoms with E-state index >= 15 is 0 Å². The van der Waals surface area contributed by atoms with E-state index in [9.17, 15) is 0 Å². The van der Waals surface area contributed by atoms with Crippen LogP contribution in [-0.4, -0.2) is 0 Å². The average Bonchev–Trinajstić information content (AvgIpc) is 2.62. The van der Waals surface area contributed by atoms with E-state index in [1.165, 1.54) is 27.1 Å². The highest BCUT2D eigenvalue weighted by Crippen LogP contribution is 2.25. The maximum absolute atomic E-state index is 6.27. The highest BCUT2D eigenvalue weighted by atomic mass is 32.1. The normalized spacial score (nSPS) is 12.8. The Kier molecular flexibility index (Phi) is 3.13. The van der Waals surface area contributed by atoms with Crippen LogP contribution >= 0.6 is 11.3 Å². The largest absolute Gasteiger partial charge is 0.320 e. The minimum atomic E-state index is 0.00329. The van der Waals surface area contributed by atoms with Crippen molar-refractivity contribution in [1.82, 2.24) is 0 Å². The summed E-state index contributed by atoms with van der Waals surface area (Å²) < 4.78 is 0. The van der Waals surface area contributed by atoms with Crippen molar-refractivity contribution in [1.29, 1.82) is 0 Å². The van der Waals surface area contributed by atoms with Crippen molar-refractivity contribution in [3.63, 3.8) is 0 Å². The van der Waals surface area contributed by atoms with Crippen molar-refractivity contribution in [2.45, 2.75) is 26.8 Å². The molecule has 1 atom stereocenters. The summed E-state index contributed by atoms with van der Waals surface area (Å²) in [4.78, 5) is 1.31. The third-order valence-electron chi connectivity index (χ3n) is 2.71. The van der Waals surface area contributed by atoms with Gasteiger partial charge in [-0.1, -0.05) is 29.3 Å². The molecule has 16 heavy (non-hydrogen) atoms. The standard InChI is InChI=1S/C14H17NS/c1-9-4-10(2)6-12(5-9)14(15)13-7-11(3)16-8-13/h4-8,14H,15H2,1-3H3. The molecule has 1 heterocycles. The molecular weight excluding hydrogens is 214 g/mol. The van der Waals surface area contributed by atoms with Crippen LogP contribution in [0.1, 0.15) is 33.2 Å². The van der Waals surface area contributed by atoms with Gasteiger partial charge in [0.1, 0.15) is 0 Å². The van der Waals surface area contributed by atoms with Crippen LogP contribution in [-0.2, 0) is 0 Å². The second-order valence-corrected chi connectivity index (χ2v) is 5.50. The number of thiophene rings is 1. The number of nitrogens with two attached hydrogens (primary N) is 1. The lowest BCUT2D eigenvalue weighted by molar-refractivity contribution is 0.872. The van der Waals surface area contributed by atoms with E-state index in [2.05, 4.69) is 50.4 Å². The summed E-state index contributed by atoms with van der Waals surface area (Å²) in [6.45, 7) is 6.34. The zero-order chi connectivity index (χ0) is 11.7.